The van der Waals surface area contributed by atoms with Gasteiger partial charge in [0.15, 0.2) is 0 Å². The average molecular weight is 389 g/mol. The van der Waals surface area contributed by atoms with E-state index in [1.165, 1.54) is 7.11 Å². The molecule has 0 unspecified atom stereocenters. The van der Waals surface area contributed by atoms with Crippen molar-refractivity contribution in [1.29, 1.82) is 0 Å². The van der Waals surface area contributed by atoms with Crippen molar-refractivity contribution in [3.63, 3.8) is 0 Å². The summed E-state index contributed by atoms with van der Waals surface area (Å²) >= 11 is 6.08. The second-order valence-corrected chi connectivity index (χ2v) is 7.52. The highest BCUT2D eigenvalue weighted by Crippen LogP contribution is 2.29. The van der Waals surface area contributed by atoms with Crippen LogP contribution >= 0.6 is 11.6 Å². The van der Waals surface area contributed by atoms with Gasteiger partial charge in [0.1, 0.15) is 11.5 Å². The highest BCUT2D eigenvalue weighted by Gasteiger charge is 2.36. The summed E-state index contributed by atoms with van der Waals surface area (Å²) < 4.78 is 10.8. The average Bonchev–Trinajstić information content (AvgIpc) is 3.27. The van der Waals surface area contributed by atoms with Gasteiger partial charge in [0, 0.05) is 37.0 Å². The van der Waals surface area contributed by atoms with Crippen molar-refractivity contribution in [2.24, 2.45) is 5.92 Å². The minimum absolute atomic E-state index is 0.163. The third-order valence-corrected chi connectivity index (χ3v) is 5.64. The Hall–Kier alpha value is -2.31. The maximum Gasteiger partial charge on any atom is 0.339 e. The number of benzene rings is 1. The van der Waals surface area contributed by atoms with Crippen molar-refractivity contribution in [2.75, 3.05) is 20.2 Å². The van der Waals surface area contributed by atoms with Gasteiger partial charge in [-0.05, 0) is 36.8 Å². The van der Waals surface area contributed by atoms with Gasteiger partial charge in [-0.15, -0.1) is 0 Å². The number of halogens is 1. The maximum absolute atomic E-state index is 11.8. The summed E-state index contributed by atoms with van der Waals surface area (Å²) in [4.78, 5) is 25.7. The lowest BCUT2D eigenvalue weighted by Crippen LogP contribution is -2.44. The Morgan fingerprint density at radius 3 is 3.04 bits per heavy atom. The van der Waals surface area contributed by atoms with Gasteiger partial charge in [0.05, 0.1) is 24.2 Å². The molecule has 7 heteroatoms. The molecule has 1 amide bonds. The number of piperidine rings is 1. The predicted molar refractivity (Wildman–Crippen MR) is 100 cm³/mol. The summed E-state index contributed by atoms with van der Waals surface area (Å²) in [5.41, 5.74) is 1.09. The molecule has 0 radical (unpaired) electrons. The lowest BCUT2D eigenvalue weighted by atomic mass is 9.93. The Bertz CT molecular complexity index is 879. The second kappa shape index (κ2) is 7.37. The molecule has 2 atom stereocenters. The fraction of sp³-hybridized carbons (Fsp3) is 0.400. The van der Waals surface area contributed by atoms with Gasteiger partial charge in [-0.25, -0.2) is 4.79 Å². The first-order valence-corrected chi connectivity index (χ1v) is 9.40. The number of furan rings is 1. The van der Waals surface area contributed by atoms with E-state index in [-0.39, 0.29) is 5.91 Å². The molecule has 0 spiro atoms. The number of carbonyl (C=O) groups excluding carboxylic acids is 2. The molecule has 27 heavy (non-hydrogen) atoms. The van der Waals surface area contributed by atoms with E-state index in [2.05, 4.69) is 10.2 Å². The smallest absolute Gasteiger partial charge is 0.339 e. The summed E-state index contributed by atoms with van der Waals surface area (Å²) in [6, 6.07) is 9.34. The number of nitrogens with zero attached hydrogens (tertiary/aromatic N) is 1. The molecule has 0 bridgehead atoms. The van der Waals surface area contributed by atoms with Crippen LogP contribution in [0.4, 0.5) is 0 Å². The minimum Gasteiger partial charge on any atom is -0.465 e. The molecule has 2 saturated heterocycles. The van der Waals surface area contributed by atoms with Crippen LogP contribution < -0.4 is 5.32 Å². The molecule has 2 aromatic rings. The highest BCUT2D eigenvalue weighted by atomic mass is 35.5. The van der Waals surface area contributed by atoms with Crippen molar-refractivity contribution < 1.29 is 18.7 Å². The number of carbonyl (C=O) groups is 2. The molecular formula is C20H21ClN2O4. The first kappa shape index (κ1) is 18.1. The van der Waals surface area contributed by atoms with Crippen LogP contribution in [0.2, 0.25) is 5.02 Å². The molecule has 6 nitrogen and oxygen atoms in total. The molecule has 1 aromatic carbocycles. The summed E-state index contributed by atoms with van der Waals surface area (Å²) in [6.07, 6.45) is 1.59. The zero-order chi connectivity index (χ0) is 19.0. The standard InChI is InChI=1S/C20H21ClN2O4/c1-26-20(25)15-8-12(2-4-16(15)21)18-5-3-14(27-18)11-23-7-6-17-13(10-23)9-19(24)22-17/h2-5,8,13,17H,6-7,9-11H2,1H3,(H,22,24)/t13-,17+/m1/s1. The number of esters is 1. The topological polar surface area (TPSA) is 71.8 Å². The number of hydrogen-bond donors (Lipinski definition) is 1. The van der Waals surface area contributed by atoms with E-state index in [1.807, 2.05) is 18.2 Å². The fourth-order valence-electron chi connectivity index (χ4n) is 3.94. The molecule has 142 valence electrons. The number of hydrogen-bond acceptors (Lipinski definition) is 5. The SMILES string of the molecule is COC(=O)c1cc(-c2ccc(CN3CC[C@@H]4NC(=O)C[C@@H]4C3)o2)ccc1Cl. The summed E-state index contributed by atoms with van der Waals surface area (Å²) in [5.74, 6) is 1.61. The third kappa shape index (κ3) is 3.73. The molecule has 1 N–H and O–H groups in total. The van der Waals surface area contributed by atoms with Gasteiger partial charge >= 0.3 is 5.97 Å². The molecule has 1 aromatic heterocycles. The monoisotopic (exact) mass is 388 g/mol. The Morgan fingerprint density at radius 2 is 2.22 bits per heavy atom. The van der Waals surface area contributed by atoms with Gasteiger partial charge < -0.3 is 14.5 Å². The first-order valence-electron chi connectivity index (χ1n) is 9.02. The molecule has 4 rings (SSSR count). The van der Waals surface area contributed by atoms with Crippen molar-refractivity contribution in [3.05, 3.63) is 46.7 Å². The predicted octanol–water partition coefficient (Wildman–Crippen LogP) is 3.10. The number of amides is 1. The maximum atomic E-state index is 11.8. The summed E-state index contributed by atoms with van der Waals surface area (Å²) in [6.45, 7) is 2.53. The van der Waals surface area contributed by atoms with Crippen LogP contribution in [0.15, 0.2) is 34.7 Å². The Labute approximate surface area is 162 Å². The molecular weight excluding hydrogens is 368 g/mol. The van der Waals surface area contributed by atoms with Crippen molar-refractivity contribution in [2.45, 2.75) is 25.4 Å². The number of ether oxygens (including phenoxy) is 1. The van der Waals surface area contributed by atoms with Crippen LogP contribution in [-0.4, -0.2) is 43.0 Å². The quantitative estimate of drug-likeness (QED) is 0.815. The number of likely N-dealkylation sites (tertiary alicyclic amines) is 1. The van der Waals surface area contributed by atoms with E-state index in [0.29, 0.717) is 41.3 Å². The first-order chi connectivity index (χ1) is 13.0. The van der Waals surface area contributed by atoms with Crippen LogP contribution in [0.3, 0.4) is 0 Å². The van der Waals surface area contributed by atoms with Crippen LogP contribution in [0, 0.1) is 5.92 Å². The number of methoxy groups -OCH3 is 1. The Balaban J connectivity index is 1.46. The third-order valence-electron chi connectivity index (χ3n) is 5.31. The van der Waals surface area contributed by atoms with Crippen molar-refractivity contribution in [1.82, 2.24) is 10.2 Å². The van der Waals surface area contributed by atoms with Crippen LogP contribution in [-0.2, 0) is 16.1 Å². The number of fused-ring (bicyclic) bond motifs is 1. The Kier molecular flexibility index (Phi) is 4.93. The van der Waals surface area contributed by atoms with E-state index in [9.17, 15) is 9.59 Å². The molecule has 3 heterocycles. The van der Waals surface area contributed by atoms with Crippen LogP contribution in [0.1, 0.15) is 29.0 Å². The minimum atomic E-state index is -0.476. The number of nitrogens with one attached hydrogen (secondary N) is 1. The zero-order valence-electron chi connectivity index (χ0n) is 15.0. The van der Waals surface area contributed by atoms with Gasteiger partial charge in [-0.3, -0.25) is 9.69 Å². The fourth-order valence-corrected chi connectivity index (χ4v) is 4.13. The normalized spacial score (nSPS) is 22.4. The molecule has 2 aliphatic heterocycles. The van der Waals surface area contributed by atoms with Crippen LogP contribution in [0.5, 0.6) is 0 Å². The molecule has 2 fully saturated rings. The van der Waals surface area contributed by atoms with E-state index in [0.717, 1.165) is 30.8 Å². The summed E-state index contributed by atoms with van der Waals surface area (Å²) in [5, 5.41) is 3.40. The van der Waals surface area contributed by atoms with Gasteiger partial charge in [-0.2, -0.15) is 0 Å². The number of rotatable bonds is 4. The van der Waals surface area contributed by atoms with Crippen molar-refractivity contribution in [3.8, 4) is 11.3 Å². The summed E-state index contributed by atoms with van der Waals surface area (Å²) in [7, 11) is 1.33. The largest absolute Gasteiger partial charge is 0.465 e. The Morgan fingerprint density at radius 1 is 1.37 bits per heavy atom. The molecule has 0 aliphatic carbocycles. The van der Waals surface area contributed by atoms with Gasteiger partial charge in [0.25, 0.3) is 0 Å². The highest BCUT2D eigenvalue weighted by molar-refractivity contribution is 6.33. The lowest BCUT2D eigenvalue weighted by molar-refractivity contribution is -0.119. The van der Waals surface area contributed by atoms with Crippen molar-refractivity contribution >= 4 is 23.5 Å². The van der Waals surface area contributed by atoms with E-state index in [1.54, 1.807) is 12.1 Å². The van der Waals surface area contributed by atoms with Gasteiger partial charge in [-0.1, -0.05) is 11.6 Å². The zero-order valence-corrected chi connectivity index (χ0v) is 15.8. The molecule has 2 aliphatic rings. The van der Waals surface area contributed by atoms with E-state index >= 15 is 0 Å². The second-order valence-electron chi connectivity index (χ2n) is 7.11. The van der Waals surface area contributed by atoms with Crippen LogP contribution in [0.25, 0.3) is 11.3 Å². The molecule has 0 saturated carbocycles. The lowest BCUT2D eigenvalue weighted by Gasteiger charge is -2.33. The van der Waals surface area contributed by atoms with Gasteiger partial charge in [0.2, 0.25) is 5.91 Å². The van der Waals surface area contributed by atoms with E-state index in [4.69, 9.17) is 20.8 Å². The van der Waals surface area contributed by atoms with E-state index < -0.39 is 5.97 Å².